The average Bonchev–Trinajstić information content (AvgIpc) is 1.73. The number of methoxy groups -OCH3 is 1. The van der Waals surface area contributed by atoms with Gasteiger partial charge in [-0.15, -0.1) is 0 Å². The normalized spacial score (nSPS) is 11.5. The summed E-state index contributed by atoms with van der Waals surface area (Å²) in [6.07, 6.45) is 0.401. The molecule has 0 saturated carbocycles. The Kier molecular flexibility index (Phi) is 24.6. The molecule has 5 heterocycles. The molecule has 13 aromatic rings. The van der Waals surface area contributed by atoms with Crippen molar-refractivity contribution >= 4 is 106 Å². The highest BCUT2D eigenvalue weighted by Gasteiger charge is 2.28. The number of hydrogen-bond donors (Lipinski definition) is 2. The van der Waals surface area contributed by atoms with Crippen molar-refractivity contribution in [1.82, 2.24) is 19.7 Å². The van der Waals surface area contributed by atoms with Crippen molar-refractivity contribution < 1.29 is 72.9 Å². The lowest BCUT2D eigenvalue weighted by Gasteiger charge is -2.17. The average molecular weight is 1590 g/mol. The van der Waals surface area contributed by atoms with Gasteiger partial charge in [-0.3, -0.25) is 28.8 Å². The van der Waals surface area contributed by atoms with Crippen molar-refractivity contribution in [3.05, 3.63) is 278 Å². The van der Waals surface area contributed by atoms with Gasteiger partial charge in [0, 0.05) is 16.8 Å². The third kappa shape index (κ3) is 17.0. The predicted octanol–water partition coefficient (Wildman–Crippen LogP) is 18.2. The molecule has 0 radical (unpaired) electrons. The summed E-state index contributed by atoms with van der Waals surface area (Å²) < 4.78 is 126. The van der Waals surface area contributed by atoms with Gasteiger partial charge >= 0.3 is 5.97 Å². The van der Waals surface area contributed by atoms with Crippen LogP contribution in [0.5, 0.6) is 11.5 Å². The third-order valence-corrected chi connectivity index (χ3v) is 16.8. The molecular weight excluding hydrogens is 1530 g/mol. The Bertz CT molecular complexity index is 5590. The highest BCUT2D eigenvalue weighted by molar-refractivity contribution is 14.1. The summed E-state index contributed by atoms with van der Waals surface area (Å²) in [5, 5.41) is 15.0. The zero-order valence-corrected chi connectivity index (χ0v) is 59.6. The summed E-state index contributed by atoms with van der Waals surface area (Å²) in [5.41, 5.74) is 7.18. The third-order valence-electron chi connectivity index (χ3n) is 15.6. The number of esters is 1. The van der Waals surface area contributed by atoms with Gasteiger partial charge in [-0.1, -0.05) is 97.4 Å². The number of aryl methyl sites for hydroxylation is 1. The molecule has 17 nitrogen and oxygen atoms in total. The molecule has 528 valence electrons. The standard InChI is InChI=1S/C22H14F2IN5O2.C17H12F2O3.C17H13FO3.C11H11FO3.C10H10BrFO/c1-10(30-22-17(20(25)29-30)21(26)27-9-28-22)19-15(11-5-7-12(23)8-6-11)18(31)16-13(24)3-2-4-14(16)32-19;1-9(20)17-14(10-4-2-5-11(18)8-10)16(21)15-12(19)6-3-7-13(15)22-17;1-10-15(11-5-3-6-12(18)9-11)17(19)16-13(20-2)7-4-8-14(16)21-10;1-3-10(14)15-9-6-4-5-8(12)11(9)7(2)13;1-6(2)10(13)8-4-3-7(11)5-9(8)12/h2-10H,1H3,(H2,26,27,28);2-9,20H,1H3;3-9H,1-2H3;4-6H,3H2,1-2H3;3-6H,1-2H3. The first kappa shape index (κ1) is 76.2. The van der Waals surface area contributed by atoms with Gasteiger partial charge in [-0.05, 0) is 170 Å². The van der Waals surface area contributed by atoms with Crippen LogP contribution >= 0.6 is 38.5 Å². The molecule has 0 amide bonds. The van der Waals surface area contributed by atoms with Crippen LogP contribution in [-0.4, -0.2) is 49.5 Å². The molecule has 13 rings (SSSR count). The number of hydrogen-bond acceptors (Lipinski definition) is 16. The van der Waals surface area contributed by atoms with E-state index in [9.17, 15) is 64.6 Å². The number of carbonyl (C=O) groups is 3. The first-order valence-corrected chi connectivity index (χ1v) is 33.1. The number of anilines is 1. The fraction of sp³-hybridized carbons (Fsp3) is 0.156. The lowest BCUT2D eigenvalue weighted by atomic mass is 9.99. The number of nitrogen functional groups attached to an aromatic ring is 1. The van der Waals surface area contributed by atoms with Crippen molar-refractivity contribution in [1.29, 1.82) is 0 Å². The number of rotatable bonds is 12. The fourth-order valence-corrected chi connectivity index (χ4v) is 11.8. The van der Waals surface area contributed by atoms with Crippen molar-refractivity contribution in [3.63, 3.8) is 0 Å². The van der Waals surface area contributed by atoms with E-state index in [1.807, 2.05) is 22.6 Å². The number of nitrogens with zero attached hydrogens (tertiary/aromatic N) is 4. The van der Waals surface area contributed by atoms with Crippen LogP contribution in [0.15, 0.2) is 202 Å². The van der Waals surface area contributed by atoms with Gasteiger partial charge < -0.3 is 33.6 Å². The molecule has 0 fully saturated rings. The summed E-state index contributed by atoms with van der Waals surface area (Å²) in [6, 6.07) is 37.7. The van der Waals surface area contributed by atoms with E-state index in [4.69, 9.17) is 28.5 Å². The highest BCUT2D eigenvalue weighted by atomic mass is 127. The van der Waals surface area contributed by atoms with E-state index < -0.39 is 75.5 Å². The number of nitrogens with two attached hydrogens (primary N) is 1. The summed E-state index contributed by atoms with van der Waals surface area (Å²) in [5.74, 6) is -3.88. The molecule has 2 unspecified atom stereocenters. The smallest absolute Gasteiger partial charge is 0.310 e. The van der Waals surface area contributed by atoms with Crippen molar-refractivity contribution in [3.8, 4) is 44.9 Å². The van der Waals surface area contributed by atoms with Gasteiger partial charge in [0.2, 0.25) is 16.3 Å². The lowest BCUT2D eigenvalue weighted by Crippen LogP contribution is -2.17. The molecule has 2 atom stereocenters. The predicted molar refractivity (Wildman–Crippen MR) is 387 cm³/mol. The van der Waals surface area contributed by atoms with Crippen LogP contribution in [0.2, 0.25) is 0 Å². The number of Topliss-reactive ketones (excluding diaryl/α,β-unsaturated/α-hetero) is 2. The molecule has 5 aromatic heterocycles. The molecule has 0 saturated heterocycles. The number of carbonyl (C=O) groups excluding carboxylic acids is 3. The van der Waals surface area contributed by atoms with Gasteiger partial charge in [0.05, 0.1) is 40.3 Å². The zero-order chi connectivity index (χ0) is 74.8. The Balaban J connectivity index is 0.000000155. The molecule has 8 aromatic carbocycles. The molecule has 0 aliphatic heterocycles. The Morgan fingerprint density at radius 2 is 1.11 bits per heavy atom. The first-order chi connectivity index (χ1) is 49.0. The fourth-order valence-electron chi connectivity index (χ4n) is 10.8. The number of ketones is 2. The molecule has 0 aliphatic carbocycles. The zero-order valence-electron chi connectivity index (χ0n) is 55.8. The summed E-state index contributed by atoms with van der Waals surface area (Å²) in [7, 11) is 1.50. The lowest BCUT2D eigenvalue weighted by molar-refractivity contribution is -0.134. The van der Waals surface area contributed by atoms with Crippen LogP contribution in [0.1, 0.15) is 98.1 Å². The quantitative estimate of drug-likeness (QED) is 0.0379. The number of aromatic nitrogens is 4. The number of fused-ring (bicyclic) bond motifs is 4. The van der Waals surface area contributed by atoms with Crippen molar-refractivity contribution in [2.45, 2.75) is 67.0 Å². The van der Waals surface area contributed by atoms with Gasteiger partial charge in [0.15, 0.2) is 17.2 Å². The number of ether oxygens (including phenoxy) is 2. The van der Waals surface area contributed by atoms with Gasteiger partial charge in [0.25, 0.3) is 0 Å². The van der Waals surface area contributed by atoms with Crippen LogP contribution in [-0.2, 0) is 4.79 Å². The van der Waals surface area contributed by atoms with Gasteiger partial charge in [-0.2, -0.15) is 5.10 Å². The van der Waals surface area contributed by atoms with E-state index >= 15 is 0 Å². The minimum atomic E-state index is -1.10. The maximum atomic E-state index is 14.5. The second kappa shape index (κ2) is 33.2. The topological polar surface area (TPSA) is 250 Å². The van der Waals surface area contributed by atoms with E-state index in [0.29, 0.717) is 58.4 Å². The monoisotopic (exact) mass is 1590 g/mol. The van der Waals surface area contributed by atoms with Crippen LogP contribution in [0, 0.1) is 57.3 Å². The summed E-state index contributed by atoms with van der Waals surface area (Å²) in [4.78, 5) is 80.7. The number of halogens is 9. The van der Waals surface area contributed by atoms with E-state index in [1.54, 1.807) is 75.7 Å². The Morgan fingerprint density at radius 1 is 0.592 bits per heavy atom. The molecule has 103 heavy (non-hydrogen) atoms. The highest BCUT2D eigenvalue weighted by Crippen LogP contribution is 2.36. The summed E-state index contributed by atoms with van der Waals surface area (Å²) in [6.45, 7) is 11.2. The van der Waals surface area contributed by atoms with Crippen LogP contribution in [0.25, 0.3) is 77.3 Å². The molecule has 0 bridgehead atoms. The Morgan fingerprint density at radius 3 is 1.65 bits per heavy atom. The molecule has 26 heteroatoms. The molecule has 0 aliphatic rings. The van der Waals surface area contributed by atoms with E-state index in [-0.39, 0.29) is 96.4 Å². The molecule has 3 N–H and O–H groups in total. The van der Waals surface area contributed by atoms with E-state index in [2.05, 4.69) is 31.0 Å². The van der Waals surface area contributed by atoms with Crippen molar-refractivity contribution in [2.24, 2.45) is 5.92 Å². The SMILES string of the molecule is CC(C)C(=O)c1ccc(Br)cc1F.CC(O)c1oc2cccc(F)c2c(=O)c1-c1cccc(F)c1.CC(c1oc2cccc(F)c2c(=O)c1-c1ccc(F)cc1)n1nc(I)c2c(N)ncnc21.CCC(=O)Oc1cccc(F)c1C(C)=O.COc1cccc2oc(C)c(-c3cccc(F)c3)c(=O)c12. The van der Waals surface area contributed by atoms with Gasteiger partial charge in [0.1, 0.15) is 130 Å². The maximum Gasteiger partial charge on any atom is 0.310 e. The molecule has 0 spiro atoms. The maximum absolute atomic E-state index is 14.5. The largest absolute Gasteiger partial charge is 0.496 e. The van der Waals surface area contributed by atoms with Gasteiger partial charge in [-0.25, -0.2) is 45.4 Å². The number of aliphatic hydroxyl groups excluding tert-OH is 1. The Hall–Kier alpha value is -11.0. The van der Waals surface area contributed by atoms with Crippen molar-refractivity contribution in [2.75, 3.05) is 12.8 Å². The second-order valence-electron chi connectivity index (χ2n) is 23.0. The Labute approximate surface area is 603 Å². The summed E-state index contributed by atoms with van der Waals surface area (Å²) >= 11 is 5.16. The van der Waals surface area contributed by atoms with Crippen LogP contribution in [0.3, 0.4) is 0 Å². The van der Waals surface area contributed by atoms with Crippen LogP contribution in [0.4, 0.5) is 36.6 Å². The minimum Gasteiger partial charge on any atom is -0.496 e. The number of benzene rings is 8. The van der Waals surface area contributed by atoms with E-state index in [1.165, 1.54) is 136 Å². The second-order valence-corrected chi connectivity index (χ2v) is 24.9. The number of aliphatic hydroxyl groups is 1. The first-order valence-electron chi connectivity index (χ1n) is 31.3. The van der Waals surface area contributed by atoms with E-state index in [0.717, 1.165) is 18.2 Å². The van der Waals surface area contributed by atoms with Crippen LogP contribution < -0.4 is 31.5 Å². The minimum absolute atomic E-state index is 0.0191. The molecular formula is C77H60BrF7IN5O12.